The fourth-order valence-electron chi connectivity index (χ4n) is 3.24. The van der Waals surface area contributed by atoms with Crippen molar-refractivity contribution in [3.8, 4) is 11.3 Å². The van der Waals surface area contributed by atoms with Gasteiger partial charge in [0.1, 0.15) is 4.21 Å². The Labute approximate surface area is 177 Å². The summed E-state index contributed by atoms with van der Waals surface area (Å²) in [4.78, 5) is 22.2. The Morgan fingerprint density at radius 3 is 2.90 bits per heavy atom. The fraction of sp³-hybridized carbons (Fsp3) is 0.316. The van der Waals surface area contributed by atoms with Crippen molar-refractivity contribution in [2.75, 3.05) is 18.4 Å². The van der Waals surface area contributed by atoms with Crippen molar-refractivity contribution in [1.29, 1.82) is 0 Å². The molecule has 1 fully saturated rings. The average molecular weight is 449 g/mol. The van der Waals surface area contributed by atoms with Crippen molar-refractivity contribution in [2.24, 2.45) is 5.92 Å². The van der Waals surface area contributed by atoms with Crippen molar-refractivity contribution < 1.29 is 13.2 Å². The minimum Gasteiger partial charge on any atom is -0.302 e. The summed E-state index contributed by atoms with van der Waals surface area (Å²) < 4.78 is 27.5. The number of sulfonamides is 1. The first kappa shape index (κ1) is 20.1. The molecule has 0 bridgehead atoms. The molecule has 1 N–H and O–H groups in total. The lowest BCUT2D eigenvalue weighted by atomic mass is 9.99. The second-order valence-electron chi connectivity index (χ2n) is 6.84. The highest BCUT2D eigenvalue weighted by Crippen LogP contribution is 2.29. The van der Waals surface area contributed by atoms with Crippen LogP contribution in [0, 0.1) is 12.8 Å². The van der Waals surface area contributed by atoms with E-state index in [9.17, 15) is 13.2 Å². The number of carbonyl (C=O) groups is 1. The summed E-state index contributed by atoms with van der Waals surface area (Å²) in [6, 6.07) is 7.17. The highest BCUT2D eigenvalue weighted by atomic mass is 32.2. The molecule has 1 unspecified atom stereocenters. The lowest BCUT2D eigenvalue weighted by Gasteiger charge is -2.30. The molecule has 3 aromatic rings. The van der Waals surface area contributed by atoms with E-state index in [4.69, 9.17) is 0 Å². The van der Waals surface area contributed by atoms with Gasteiger partial charge in [-0.2, -0.15) is 4.31 Å². The standard InChI is InChI=1S/C19H20N4O3S3/c1-13-6-7-17(28-13)29(25,26)23-9-3-5-15(11-23)18(24)22-19-21-16(12-27-19)14-4-2-8-20-10-14/h2,4,6-8,10,12,15H,3,5,9,11H2,1H3,(H,21,22,24). The normalized spacial score (nSPS) is 17.9. The van der Waals surface area contributed by atoms with Crippen LogP contribution in [0.3, 0.4) is 0 Å². The van der Waals surface area contributed by atoms with Crippen LogP contribution in [0.25, 0.3) is 11.3 Å². The topological polar surface area (TPSA) is 92.3 Å². The second-order valence-corrected chi connectivity index (χ2v) is 11.1. The molecule has 1 aliphatic rings. The highest BCUT2D eigenvalue weighted by molar-refractivity contribution is 7.91. The van der Waals surface area contributed by atoms with Crippen LogP contribution in [0.4, 0.5) is 5.13 Å². The Balaban J connectivity index is 1.44. The van der Waals surface area contributed by atoms with Crippen LogP contribution in [-0.4, -0.2) is 41.7 Å². The largest absolute Gasteiger partial charge is 0.302 e. The van der Waals surface area contributed by atoms with E-state index < -0.39 is 15.9 Å². The molecule has 1 aliphatic heterocycles. The molecule has 1 amide bonds. The van der Waals surface area contributed by atoms with Gasteiger partial charge in [-0.25, -0.2) is 13.4 Å². The van der Waals surface area contributed by atoms with Gasteiger partial charge in [0.05, 0.1) is 11.6 Å². The number of carbonyl (C=O) groups excluding carboxylic acids is 1. The number of hydrogen-bond acceptors (Lipinski definition) is 7. The molecule has 10 heteroatoms. The van der Waals surface area contributed by atoms with Gasteiger partial charge < -0.3 is 5.32 Å². The van der Waals surface area contributed by atoms with Crippen molar-refractivity contribution >= 4 is 43.7 Å². The maximum atomic E-state index is 12.9. The maximum Gasteiger partial charge on any atom is 0.252 e. The van der Waals surface area contributed by atoms with Crippen LogP contribution >= 0.6 is 22.7 Å². The summed E-state index contributed by atoms with van der Waals surface area (Å²) in [5.41, 5.74) is 1.63. The first-order chi connectivity index (χ1) is 13.9. The number of nitrogens with zero attached hydrogens (tertiary/aromatic N) is 3. The summed E-state index contributed by atoms with van der Waals surface area (Å²) in [6.07, 6.45) is 4.72. The zero-order valence-corrected chi connectivity index (χ0v) is 18.2. The quantitative estimate of drug-likeness (QED) is 0.644. The number of thiophene rings is 1. The number of thiazole rings is 1. The van der Waals surface area contributed by atoms with E-state index in [1.807, 2.05) is 24.4 Å². The molecule has 4 rings (SSSR count). The van der Waals surface area contributed by atoms with Gasteiger partial charge in [0, 0.05) is 41.3 Å². The Morgan fingerprint density at radius 1 is 1.31 bits per heavy atom. The summed E-state index contributed by atoms with van der Waals surface area (Å²) in [5.74, 6) is -0.593. The van der Waals surface area contributed by atoms with Crippen LogP contribution < -0.4 is 5.32 Å². The van der Waals surface area contributed by atoms with Gasteiger partial charge in [-0.05, 0) is 44.0 Å². The SMILES string of the molecule is Cc1ccc(S(=O)(=O)N2CCCC(C(=O)Nc3nc(-c4cccnc4)cs3)C2)s1. The van der Waals surface area contributed by atoms with E-state index in [1.165, 1.54) is 27.0 Å². The van der Waals surface area contributed by atoms with Crippen LogP contribution in [0.5, 0.6) is 0 Å². The molecule has 1 saturated heterocycles. The highest BCUT2D eigenvalue weighted by Gasteiger charge is 2.34. The molecule has 0 spiro atoms. The first-order valence-corrected chi connectivity index (χ1v) is 12.3. The van der Waals surface area contributed by atoms with Crippen LogP contribution in [-0.2, 0) is 14.8 Å². The molecule has 0 radical (unpaired) electrons. The van der Waals surface area contributed by atoms with Crippen molar-refractivity contribution in [2.45, 2.75) is 24.0 Å². The third kappa shape index (κ3) is 4.40. The van der Waals surface area contributed by atoms with Gasteiger partial charge in [0.25, 0.3) is 10.0 Å². The summed E-state index contributed by atoms with van der Waals surface area (Å²) in [5, 5.41) is 5.21. The average Bonchev–Trinajstić information content (AvgIpc) is 3.38. The number of nitrogens with one attached hydrogen (secondary N) is 1. The molecule has 3 aromatic heterocycles. The number of piperidine rings is 1. The Bertz CT molecular complexity index is 1110. The molecule has 1 atom stereocenters. The van der Waals surface area contributed by atoms with Crippen molar-refractivity contribution in [1.82, 2.24) is 14.3 Å². The number of anilines is 1. The Kier molecular flexibility index (Phi) is 5.77. The maximum absolute atomic E-state index is 12.9. The summed E-state index contributed by atoms with van der Waals surface area (Å²) >= 11 is 2.60. The molecule has 29 heavy (non-hydrogen) atoms. The van der Waals surface area contributed by atoms with Gasteiger partial charge in [0.15, 0.2) is 5.13 Å². The predicted octanol–water partition coefficient (Wildman–Crippen LogP) is 3.61. The van der Waals surface area contributed by atoms with Crippen molar-refractivity contribution in [3.05, 3.63) is 46.9 Å². The van der Waals surface area contributed by atoms with Crippen molar-refractivity contribution in [3.63, 3.8) is 0 Å². The summed E-state index contributed by atoms with van der Waals surface area (Å²) in [6.45, 7) is 2.50. The van der Waals surface area contributed by atoms with Gasteiger partial charge in [-0.15, -0.1) is 22.7 Å². The molecular formula is C19H20N4O3S3. The molecule has 7 nitrogen and oxygen atoms in total. The monoisotopic (exact) mass is 448 g/mol. The fourth-order valence-corrected chi connectivity index (χ4v) is 6.92. The molecule has 0 saturated carbocycles. The van der Waals surface area contributed by atoms with E-state index in [0.717, 1.165) is 16.1 Å². The van der Waals surface area contributed by atoms with Crippen LogP contribution in [0.2, 0.25) is 0 Å². The molecule has 0 aliphatic carbocycles. The zero-order valence-electron chi connectivity index (χ0n) is 15.7. The van der Waals surface area contributed by atoms with Gasteiger partial charge in [0.2, 0.25) is 5.91 Å². The minimum atomic E-state index is -3.56. The smallest absolute Gasteiger partial charge is 0.252 e. The number of aryl methyl sites for hydroxylation is 1. The van der Waals surface area contributed by atoms with E-state index in [-0.39, 0.29) is 12.5 Å². The predicted molar refractivity (Wildman–Crippen MR) is 115 cm³/mol. The number of aromatic nitrogens is 2. The molecule has 4 heterocycles. The Morgan fingerprint density at radius 2 is 2.17 bits per heavy atom. The first-order valence-electron chi connectivity index (χ1n) is 9.17. The zero-order chi connectivity index (χ0) is 20.4. The second kappa shape index (κ2) is 8.31. The number of pyridine rings is 1. The number of rotatable bonds is 5. The van der Waals surface area contributed by atoms with E-state index >= 15 is 0 Å². The third-order valence-corrected chi connectivity index (χ3v) is 8.85. The lowest BCUT2D eigenvalue weighted by Crippen LogP contribution is -2.43. The summed E-state index contributed by atoms with van der Waals surface area (Å²) in [7, 11) is -3.56. The van der Waals surface area contributed by atoms with Crippen LogP contribution in [0.1, 0.15) is 17.7 Å². The van der Waals surface area contributed by atoms with Gasteiger partial charge in [-0.1, -0.05) is 0 Å². The van der Waals surface area contributed by atoms with Gasteiger partial charge >= 0.3 is 0 Å². The molecular weight excluding hydrogens is 428 g/mol. The molecule has 0 aromatic carbocycles. The van der Waals surface area contributed by atoms with Crippen LogP contribution in [0.15, 0.2) is 46.2 Å². The van der Waals surface area contributed by atoms with E-state index in [2.05, 4.69) is 15.3 Å². The molecule has 152 valence electrons. The van der Waals surface area contributed by atoms with Gasteiger partial charge in [-0.3, -0.25) is 9.78 Å². The Hall–Kier alpha value is -2.14. The number of amides is 1. The van der Waals surface area contributed by atoms with E-state index in [1.54, 1.807) is 24.5 Å². The minimum absolute atomic E-state index is 0.186. The number of hydrogen-bond donors (Lipinski definition) is 1. The lowest BCUT2D eigenvalue weighted by molar-refractivity contribution is -0.120. The van der Waals surface area contributed by atoms with E-state index in [0.29, 0.717) is 28.7 Å². The third-order valence-electron chi connectivity index (χ3n) is 4.76.